The molecule has 1 aromatic rings. The smallest absolute Gasteiger partial charge is 0.266 e. The lowest BCUT2D eigenvalue weighted by atomic mass is 10.2. The van der Waals surface area contributed by atoms with Crippen LogP contribution in [0.2, 0.25) is 0 Å². The van der Waals surface area contributed by atoms with Crippen LogP contribution in [-0.4, -0.2) is 38.6 Å². The van der Waals surface area contributed by atoms with Crippen molar-refractivity contribution < 1.29 is 17.8 Å². The Labute approximate surface area is 106 Å². The van der Waals surface area contributed by atoms with Gasteiger partial charge in [0.2, 0.25) is 0 Å². The second-order valence-electron chi connectivity index (χ2n) is 3.79. The van der Waals surface area contributed by atoms with Crippen molar-refractivity contribution in [3.8, 4) is 0 Å². The average Bonchev–Trinajstić information content (AvgIpc) is 2.33. The molecule has 5 nitrogen and oxygen atoms in total. The molecule has 0 bridgehead atoms. The van der Waals surface area contributed by atoms with Gasteiger partial charge < -0.3 is 4.90 Å². The van der Waals surface area contributed by atoms with Gasteiger partial charge >= 0.3 is 0 Å². The minimum Gasteiger partial charge on any atom is -0.373 e. The SMILES string of the molecule is CN(CCS(=O)(=O)O)c1ccc(C=CC=O)cc1. The third-order valence-corrected chi connectivity index (χ3v) is 3.08. The summed E-state index contributed by atoms with van der Waals surface area (Å²) in [6.45, 7) is 0.211. The zero-order valence-corrected chi connectivity index (χ0v) is 10.8. The molecule has 1 rings (SSSR count). The number of benzene rings is 1. The van der Waals surface area contributed by atoms with Gasteiger partial charge in [0.1, 0.15) is 6.29 Å². The van der Waals surface area contributed by atoms with E-state index in [0.29, 0.717) is 6.29 Å². The lowest BCUT2D eigenvalue weighted by molar-refractivity contribution is -0.104. The molecule has 0 amide bonds. The van der Waals surface area contributed by atoms with Crippen molar-refractivity contribution in [3.63, 3.8) is 0 Å². The largest absolute Gasteiger partial charge is 0.373 e. The van der Waals surface area contributed by atoms with E-state index in [4.69, 9.17) is 4.55 Å². The van der Waals surface area contributed by atoms with E-state index in [1.54, 1.807) is 18.0 Å². The Balaban J connectivity index is 2.67. The first-order chi connectivity index (χ1) is 8.42. The van der Waals surface area contributed by atoms with Crippen LogP contribution in [0.3, 0.4) is 0 Å². The lowest BCUT2D eigenvalue weighted by Crippen LogP contribution is -2.24. The number of anilines is 1. The standard InChI is InChI=1S/C12H15NO4S/c1-13(8-10-18(15,16)17)12-6-4-11(5-7-12)3-2-9-14/h2-7,9H,8,10H2,1H3,(H,15,16,17). The van der Waals surface area contributed by atoms with Gasteiger partial charge in [-0.05, 0) is 23.8 Å². The van der Waals surface area contributed by atoms with Crippen molar-refractivity contribution in [3.05, 3.63) is 35.9 Å². The van der Waals surface area contributed by atoms with Gasteiger partial charge in [-0.25, -0.2) is 0 Å². The fraction of sp³-hybridized carbons (Fsp3) is 0.250. The molecule has 0 unspecified atom stereocenters. The highest BCUT2D eigenvalue weighted by atomic mass is 32.2. The molecule has 1 aromatic carbocycles. The first-order valence-corrected chi connectivity index (χ1v) is 6.91. The molecule has 0 spiro atoms. The molecule has 0 radical (unpaired) electrons. The van der Waals surface area contributed by atoms with E-state index in [2.05, 4.69) is 0 Å². The van der Waals surface area contributed by atoms with E-state index < -0.39 is 10.1 Å². The van der Waals surface area contributed by atoms with Gasteiger partial charge in [-0.3, -0.25) is 9.35 Å². The predicted molar refractivity (Wildman–Crippen MR) is 71.2 cm³/mol. The topological polar surface area (TPSA) is 74.7 Å². The maximum Gasteiger partial charge on any atom is 0.266 e. The number of nitrogens with zero attached hydrogens (tertiary/aromatic N) is 1. The second-order valence-corrected chi connectivity index (χ2v) is 5.37. The summed E-state index contributed by atoms with van der Waals surface area (Å²) >= 11 is 0. The molecule has 98 valence electrons. The fourth-order valence-electron chi connectivity index (χ4n) is 1.37. The van der Waals surface area contributed by atoms with Crippen LogP contribution < -0.4 is 4.90 Å². The highest BCUT2D eigenvalue weighted by molar-refractivity contribution is 7.85. The monoisotopic (exact) mass is 269 g/mol. The summed E-state index contributed by atoms with van der Waals surface area (Å²) in [6, 6.07) is 7.27. The van der Waals surface area contributed by atoms with Crippen LogP contribution in [0.4, 0.5) is 5.69 Å². The zero-order valence-electron chi connectivity index (χ0n) is 9.98. The summed E-state index contributed by atoms with van der Waals surface area (Å²) in [5.41, 5.74) is 1.72. The van der Waals surface area contributed by atoms with E-state index in [0.717, 1.165) is 11.3 Å². The molecule has 0 heterocycles. The third-order valence-electron chi connectivity index (χ3n) is 2.39. The van der Waals surface area contributed by atoms with Gasteiger partial charge in [-0.1, -0.05) is 18.2 Å². The summed E-state index contributed by atoms with van der Waals surface area (Å²) in [7, 11) is -2.20. The zero-order chi connectivity index (χ0) is 13.6. The molecule has 0 aromatic heterocycles. The minimum absolute atomic E-state index is 0.211. The molecule has 0 fully saturated rings. The number of carbonyl (C=O) groups excluding carboxylic acids is 1. The first kappa shape index (κ1) is 14.4. The van der Waals surface area contributed by atoms with Crippen molar-refractivity contribution in [1.29, 1.82) is 0 Å². The Morgan fingerprint density at radius 1 is 1.28 bits per heavy atom. The number of carbonyl (C=O) groups is 1. The summed E-state index contributed by atoms with van der Waals surface area (Å²) < 4.78 is 29.9. The van der Waals surface area contributed by atoms with E-state index in [-0.39, 0.29) is 12.3 Å². The normalized spacial score (nSPS) is 11.7. The number of hydrogen-bond donors (Lipinski definition) is 1. The Morgan fingerprint density at radius 2 is 1.89 bits per heavy atom. The van der Waals surface area contributed by atoms with E-state index in [1.807, 2.05) is 24.3 Å². The van der Waals surface area contributed by atoms with Crippen LogP contribution in [0.5, 0.6) is 0 Å². The number of aldehydes is 1. The minimum atomic E-state index is -3.94. The van der Waals surface area contributed by atoms with Crippen LogP contribution in [-0.2, 0) is 14.9 Å². The van der Waals surface area contributed by atoms with E-state index >= 15 is 0 Å². The lowest BCUT2D eigenvalue weighted by Gasteiger charge is -2.18. The van der Waals surface area contributed by atoms with Gasteiger partial charge in [-0.2, -0.15) is 8.42 Å². The van der Waals surface area contributed by atoms with Crippen LogP contribution >= 0.6 is 0 Å². The Morgan fingerprint density at radius 3 is 2.39 bits per heavy atom. The van der Waals surface area contributed by atoms with Crippen LogP contribution in [0, 0.1) is 0 Å². The summed E-state index contributed by atoms with van der Waals surface area (Å²) in [6.07, 6.45) is 3.78. The molecule has 0 saturated carbocycles. The van der Waals surface area contributed by atoms with Gasteiger partial charge in [0.15, 0.2) is 0 Å². The molecule has 6 heteroatoms. The second kappa shape index (κ2) is 6.32. The highest BCUT2D eigenvalue weighted by Gasteiger charge is 2.07. The Kier molecular flexibility index (Phi) is 5.06. The maximum absolute atomic E-state index is 10.6. The fourth-order valence-corrected chi connectivity index (χ4v) is 1.88. The number of hydrogen-bond acceptors (Lipinski definition) is 4. The molecular formula is C12H15NO4S. The summed E-state index contributed by atoms with van der Waals surface area (Å²) in [5, 5.41) is 0. The van der Waals surface area contributed by atoms with Crippen molar-refractivity contribution in [2.45, 2.75) is 0 Å². The molecule has 0 aliphatic carbocycles. The molecule has 0 saturated heterocycles. The molecule has 0 aliphatic rings. The highest BCUT2D eigenvalue weighted by Crippen LogP contribution is 2.14. The van der Waals surface area contributed by atoms with Crippen LogP contribution in [0.15, 0.2) is 30.3 Å². The summed E-state index contributed by atoms with van der Waals surface area (Å²) in [4.78, 5) is 11.9. The van der Waals surface area contributed by atoms with Crippen LogP contribution in [0.1, 0.15) is 5.56 Å². The maximum atomic E-state index is 10.6. The predicted octanol–water partition coefficient (Wildman–Crippen LogP) is 1.22. The first-order valence-electron chi connectivity index (χ1n) is 5.30. The van der Waals surface area contributed by atoms with Crippen molar-refractivity contribution in [1.82, 2.24) is 0 Å². The third kappa shape index (κ3) is 5.11. The number of allylic oxidation sites excluding steroid dienone is 1. The van der Waals surface area contributed by atoms with Gasteiger partial charge in [0.05, 0.1) is 5.75 Å². The summed E-state index contributed by atoms with van der Waals surface area (Å²) in [5.74, 6) is -0.309. The molecule has 0 atom stereocenters. The van der Waals surface area contributed by atoms with Gasteiger partial charge in [-0.15, -0.1) is 0 Å². The van der Waals surface area contributed by atoms with E-state index in [1.165, 1.54) is 6.08 Å². The molecule has 1 N–H and O–H groups in total. The van der Waals surface area contributed by atoms with Crippen LogP contribution in [0.25, 0.3) is 6.08 Å². The molecule has 0 aliphatic heterocycles. The Hall–Kier alpha value is -1.66. The van der Waals surface area contributed by atoms with Crippen molar-refractivity contribution >= 4 is 28.2 Å². The van der Waals surface area contributed by atoms with E-state index in [9.17, 15) is 13.2 Å². The average molecular weight is 269 g/mol. The Bertz CT molecular complexity index is 520. The van der Waals surface area contributed by atoms with Gasteiger partial charge in [0.25, 0.3) is 10.1 Å². The van der Waals surface area contributed by atoms with Gasteiger partial charge in [0, 0.05) is 19.3 Å². The molecular weight excluding hydrogens is 254 g/mol. The molecule has 18 heavy (non-hydrogen) atoms. The quantitative estimate of drug-likeness (QED) is 0.477. The van der Waals surface area contributed by atoms with Crippen molar-refractivity contribution in [2.24, 2.45) is 0 Å². The number of rotatable bonds is 6. The van der Waals surface area contributed by atoms with Crippen molar-refractivity contribution in [2.75, 3.05) is 24.2 Å².